The Hall–Kier alpha value is -2.00. The number of aliphatic hydroxyl groups excluding tert-OH is 1. The average molecular weight is 375 g/mol. The van der Waals surface area contributed by atoms with Crippen molar-refractivity contribution in [3.63, 3.8) is 0 Å². The highest BCUT2D eigenvalue weighted by molar-refractivity contribution is 5.30. The van der Waals surface area contributed by atoms with E-state index in [4.69, 9.17) is 5.11 Å². The van der Waals surface area contributed by atoms with Crippen molar-refractivity contribution in [2.45, 2.75) is 43.2 Å². The molecule has 1 aromatic carbocycles. The summed E-state index contributed by atoms with van der Waals surface area (Å²) in [6, 6.07) is 5.85. The fraction of sp³-hybridized carbons (Fsp3) is 0.471. The lowest BCUT2D eigenvalue weighted by Crippen LogP contribution is -2.59. The minimum Gasteiger partial charge on any atom is -0.390 e. The average Bonchev–Trinajstić information content (AvgIpc) is 3.00. The molecule has 1 atom stereocenters. The van der Waals surface area contributed by atoms with E-state index in [1.54, 1.807) is 13.0 Å². The Morgan fingerprint density at radius 1 is 1.31 bits per heavy atom. The van der Waals surface area contributed by atoms with E-state index < -0.39 is 48.8 Å². The Bertz CT molecular complexity index is 784. The number of hydrogen-bond donors (Lipinski definition) is 3. The van der Waals surface area contributed by atoms with Crippen LogP contribution >= 0.6 is 0 Å². The quantitative estimate of drug-likeness (QED) is 0.676. The van der Waals surface area contributed by atoms with E-state index in [2.05, 4.69) is 15.5 Å². The number of halogens is 5. The van der Waals surface area contributed by atoms with Gasteiger partial charge in [0.05, 0.1) is 11.2 Å². The van der Waals surface area contributed by atoms with Gasteiger partial charge in [-0.25, -0.2) is 8.78 Å². The van der Waals surface area contributed by atoms with Gasteiger partial charge in [-0.2, -0.15) is 13.2 Å². The van der Waals surface area contributed by atoms with Crippen LogP contribution in [0.1, 0.15) is 42.6 Å². The molecule has 0 unspecified atom stereocenters. The minimum atomic E-state index is -3.40. The van der Waals surface area contributed by atoms with E-state index in [9.17, 15) is 22.0 Å². The van der Waals surface area contributed by atoms with E-state index in [1.165, 1.54) is 18.2 Å². The Labute approximate surface area is 146 Å². The number of rotatable bonds is 6. The van der Waals surface area contributed by atoms with Crippen LogP contribution in [0.4, 0.5) is 22.0 Å². The van der Waals surface area contributed by atoms with Gasteiger partial charge in [-0.15, -0.1) is 5.10 Å². The zero-order chi connectivity index (χ0) is 19.2. The number of benzene rings is 1. The van der Waals surface area contributed by atoms with Crippen molar-refractivity contribution >= 4 is 0 Å². The molecule has 1 aliphatic rings. The molecule has 0 amide bonds. The number of aromatic nitrogens is 2. The summed E-state index contributed by atoms with van der Waals surface area (Å²) in [5, 5.41) is 17.6. The molecule has 0 aliphatic heterocycles. The first-order valence-corrected chi connectivity index (χ1v) is 8.03. The van der Waals surface area contributed by atoms with Crippen molar-refractivity contribution in [2.75, 3.05) is 6.61 Å². The van der Waals surface area contributed by atoms with Crippen LogP contribution < -0.4 is 5.32 Å². The molecule has 3 rings (SSSR count). The molecule has 0 radical (unpaired) electrons. The maximum atomic E-state index is 13.7. The maximum absolute atomic E-state index is 13.7. The van der Waals surface area contributed by atoms with Gasteiger partial charge < -0.3 is 5.11 Å². The normalized spacial score (nSPS) is 19.8. The highest BCUT2D eigenvalue weighted by Gasteiger charge is 2.58. The van der Waals surface area contributed by atoms with Crippen molar-refractivity contribution in [3.8, 4) is 0 Å². The number of aliphatic hydroxyl groups is 1. The van der Waals surface area contributed by atoms with Gasteiger partial charge in [0.15, 0.2) is 0 Å². The highest BCUT2D eigenvalue weighted by atomic mass is 19.3. The summed E-state index contributed by atoms with van der Waals surface area (Å²) in [5.41, 5.74) is -0.975. The number of H-pyrrole nitrogens is 1. The molecular formula is C17H18F5N3O. The number of aromatic amines is 1. The number of alkyl halides is 4. The van der Waals surface area contributed by atoms with Gasteiger partial charge >= 0.3 is 0 Å². The summed E-state index contributed by atoms with van der Waals surface area (Å²) in [6.45, 7) is 0.309. The third-order valence-corrected chi connectivity index (χ3v) is 4.68. The molecule has 0 bridgehead atoms. The van der Waals surface area contributed by atoms with Crippen molar-refractivity contribution in [1.29, 1.82) is 0 Å². The van der Waals surface area contributed by atoms with E-state index in [0.29, 0.717) is 5.56 Å². The predicted octanol–water partition coefficient (Wildman–Crippen LogP) is 3.61. The Morgan fingerprint density at radius 2 is 2.00 bits per heavy atom. The molecule has 1 fully saturated rings. The lowest BCUT2D eigenvalue weighted by atomic mass is 9.70. The number of hydrogen-bond acceptors (Lipinski definition) is 3. The van der Waals surface area contributed by atoms with Crippen LogP contribution in [0.3, 0.4) is 0 Å². The van der Waals surface area contributed by atoms with Gasteiger partial charge in [0.25, 0.3) is 11.8 Å². The lowest BCUT2D eigenvalue weighted by molar-refractivity contribution is -0.142. The summed E-state index contributed by atoms with van der Waals surface area (Å²) >= 11 is 0. The molecular weight excluding hydrogens is 357 g/mol. The first-order valence-electron chi connectivity index (χ1n) is 8.03. The van der Waals surface area contributed by atoms with Crippen LogP contribution in [0.25, 0.3) is 0 Å². The molecule has 9 heteroatoms. The van der Waals surface area contributed by atoms with Crippen molar-refractivity contribution in [3.05, 3.63) is 53.1 Å². The third kappa shape index (κ3) is 3.45. The molecule has 3 N–H and O–H groups in total. The molecule has 1 saturated carbocycles. The molecule has 1 heterocycles. The monoisotopic (exact) mass is 375 g/mol. The Balaban J connectivity index is 1.86. The summed E-state index contributed by atoms with van der Waals surface area (Å²) in [6.07, 6.45) is -1.11. The fourth-order valence-corrected chi connectivity index (χ4v) is 3.37. The maximum Gasteiger partial charge on any atom is 0.295 e. The van der Waals surface area contributed by atoms with Gasteiger partial charge in [-0.05, 0) is 18.6 Å². The summed E-state index contributed by atoms with van der Waals surface area (Å²) in [4.78, 5) is 0. The second-order valence-electron chi connectivity index (χ2n) is 6.75. The summed E-state index contributed by atoms with van der Waals surface area (Å²) in [7, 11) is 0. The van der Waals surface area contributed by atoms with Gasteiger partial charge in [0.1, 0.15) is 6.61 Å². The fourth-order valence-electron chi connectivity index (χ4n) is 3.37. The lowest BCUT2D eigenvalue weighted by Gasteiger charge is -2.48. The van der Waals surface area contributed by atoms with Crippen molar-refractivity contribution < 1.29 is 27.1 Å². The largest absolute Gasteiger partial charge is 0.390 e. The standard InChI is InChI=1S/C17H18F5N3O/c1-10(11-3-2-4-12(5-11)17(21,22)9-26)23-15(7-16(19,20)8-15)13-6-14(18)25-24-13/h2-6,10,23,26H,7-9H2,1H3,(H,24,25)/t10-/m1/s1. The van der Waals surface area contributed by atoms with Crippen LogP contribution in [0.5, 0.6) is 0 Å². The summed E-state index contributed by atoms with van der Waals surface area (Å²) in [5.74, 6) is -7.11. The van der Waals surface area contributed by atoms with Crippen LogP contribution in [0.15, 0.2) is 30.3 Å². The summed E-state index contributed by atoms with van der Waals surface area (Å²) < 4.78 is 67.7. The highest BCUT2D eigenvalue weighted by Crippen LogP contribution is 2.52. The molecule has 142 valence electrons. The smallest absolute Gasteiger partial charge is 0.295 e. The van der Waals surface area contributed by atoms with Gasteiger partial charge in [-0.1, -0.05) is 18.2 Å². The zero-order valence-electron chi connectivity index (χ0n) is 13.9. The van der Waals surface area contributed by atoms with Crippen molar-refractivity contribution in [1.82, 2.24) is 15.5 Å². The van der Waals surface area contributed by atoms with E-state index in [1.807, 2.05) is 0 Å². The molecule has 26 heavy (non-hydrogen) atoms. The second-order valence-corrected chi connectivity index (χ2v) is 6.75. The zero-order valence-corrected chi connectivity index (χ0v) is 13.9. The van der Waals surface area contributed by atoms with Gasteiger partial charge in [0, 0.05) is 30.5 Å². The van der Waals surface area contributed by atoms with E-state index in [0.717, 1.165) is 6.07 Å². The molecule has 1 aromatic heterocycles. The first-order chi connectivity index (χ1) is 12.1. The van der Waals surface area contributed by atoms with Gasteiger partial charge in [0.2, 0.25) is 5.95 Å². The van der Waals surface area contributed by atoms with Crippen LogP contribution in [-0.4, -0.2) is 27.8 Å². The predicted molar refractivity (Wildman–Crippen MR) is 83.4 cm³/mol. The minimum absolute atomic E-state index is 0.185. The van der Waals surface area contributed by atoms with E-state index in [-0.39, 0.29) is 11.3 Å². The van der Waals surface area contributed by atoms with Gasteiger partial charge in [-0.3, -0.25) is 10.4 Å². The van der Waals surface area contributed by atoms with Crippen molar-refractivity contribution in [2.24, 2.45) is 0 Å². The molecule has 2 aromatic rings. The molecule has 0 saturated heterocycles. The van der Waals surface area contributed by atoms with Crippen LogP contribution in [0, 0.1) is 5.95 Å². The Morgan fingerprint density at radius 3 is 2.54 bits per heavy atom. The molecule has 0 spiro atoms. The molecule has 1 aliphatic carbocycles. The van der Waals surface area contributed by atoms with Crippen LogP contribution in [-0.2, 0) is 11.5 Å². The first kappa shape index (κ1) is 18.8. The van der Waals surface area contributed by atoms with E-state index >= 15 is 0 Å². The number of nitrogens with zero attached hydrogens (tertiary/aromatic N) is 1. The SMILES string of the molecule is C[C@@H](NC1(c2cc(F)n[nH]2)CC(F)(F)C1)c1cccc(C(F)(F)CO)c1. The third-order valence-electron chi connectivity index (χ3n) is 4.68. The van der Waals surface area contributed by atoms with Crippen LogP contribution in [0.2, 0.25) is 0 Å². The Kier molecular flexibility index (Phi) is 4.56. The topological polar surface area (TPSA) is 60.9 Å². The molecule has 4 nitrogen and oxygen atoms in total. The number of nitrogens with one attached hydrogen (secondary N) is 2. The second kappa shape index (κ2) is 6.31.